The smallest absolute Gasteiger partial charge is 0.355 e. The van der Waals surface area contributed by atoms with Crippen LogP contribution in [0.1, 0.15) is 35.4 Å². The predicted octanol–water partition coefficient (Wildman–Crippen LogP) is 2.09. The van der Waals surface area contributed by atoms with E-state index in [4.69, 9.17) is 10.00 Å². The second kappa shape index (κ2) is 3.38. The normalized spacial score (nSPS) is 39.2. The molecule has 0 radical (unpaired) electrons. The molecule has 1 aromatic rings. The van der Waals surface area contributed by atoms with Crippen LogP contribution in [0.5, 0.6) is 0 Å². The first-order chi connectivity index (χ1) is 8.76. The van der Waals surface area contributed by atoms with Crippen LogP contribution in [-0.4, -0.2) is 17.1 Å². The summed E-state index contributed by atoms with van der Waals surface area (Å²) < 4.78 is 5.61. The minimum Gasteiger partial charge on any atom is -0.457 e. The van der Waals surface area contributed by atoms with Gasteiger partial charge in [-0.1, -0.05) is 0 Å². The van der Waals surface area contributed by atoms with Crippen LogP contribution < -0.4 is 0 Å². The van der Waals surface area contributed by atoms with Crippen molar-refractivity contribution in [3.63, 3.8) is 0 Å². The van der Waals surface area contributed by atoms with E-state index in [9.17, 15) is 4.79 Å². The summed E-state index contributed by atoms with van der Waals surface area (Å²) in [6.07, 6.45) is 3.76. The number of H-pyrrole nitrogens is 1. The van der Waals surface area contributed by atoms with Crippen molar-refractivity contribution >= 4 is 5.97 Å². The van der Waals surface area contributed by atoms with E-state index in [2.05, 4.69) is 4.98 Å². The van der Waals surface area contributed by atoms with Gasteiger partial charge in [0, 0.05) is 0 Å². The lowest BCUT2D eigenvalue weighted by Crippen LogP contribution is -2.25. The molecule has 0 amide bonds. The average molecular weight is 242 g/mol. The Bertz CT molecular complexity index is 556. The number of nitriles is 1. The number of nitrogens with one attached hydrogen (secondary N) is 1. The molecule has 3 aliphatic carbocycles. The van der Waals surface area contributed by atoms with Crippen LogP contribution in [0.2, 0.25) is 0 Å². The first-order valence-corrected chi connectivity index (χ1v) is 6.56. The quantitative estimate of drug-likeness (QED) is 0.807. The number of carbonyl (C=O) groups excluding carboxylic acids is 1. The van der Waals surface area contributed by atoms with Crippen LogP contribution in [0.25, 0.3) is 0 Å². The maximum absolute atomic E-state index is 12.0. The van der Waals surface area contributed by atoms with E-state index in [1.54, 1.807) is 12.1 Å². The van der Waals surface area contributed by atoms with Crippen LogP contribution in [0.3, 0.4) is 0 Å². The van der Waals surface area contributed by atoms with Crippen molar-refractivity contribution in [2.75, 3.05) is 0 Å². The number of carbonyl (C=O) groups is 1. The zero-order valence-corrected chi connectivity index (χ0v) is 9.93. The van der Waals surface area contributed by atoms with E-state index < -0.39 is 0 Å². The third-order valence-electron chi connectivity index (χ3n) is 4.92. The molecule has 4 rings (SSSR count). The molecule has 2 bridgehead atoms. The number of esters is 1. The number of hydrogen-bond acceptors (Lipinski definition) is 3. The van der Waals surface area contributed by atoms with E-state index in [1.807, 2.05) is 6.07 Å². The van der Waals surface area contributed by atoms with Crippen LogP contribution >= 0.6 is 0 Å². The van der Waals surface area contributed by atoms with Crippen molar-refractivity contribution in [2.24, 2.45) is 23.7 Å². The topological polar surface area (TPSA) is 65.9 Å². The zero-order chi connectivity index (χ0) is 12.3. The van der Waals surface area contributed by atoms with Gasteiger partial charge in [-0.3, -0.25) is 0 Å². The molecular formula is C14H14N2O2. The number of hydrogen-bond donors (Lipinski definition) is 1. The first-order valence-electron chi connectivity index (χ1n) is 6.56. The molecule has 5 atom stereocenters. The van der Waals surface area contributed by atoms with Crippen molar-refractivity contribution in [3.8, 4) is 6.07 Å². The highest BCUT2D eigenvalue weighted by Gasteiger charge is 2.62. The summed E-state index contributed by atoms with van der Waals surface area (Å²) in [6.45, 7) is 0. The molecular weight excluding hydrogens is 228 g/mol. The molecule has 5 unspecified atom stereocenters. The third kappa shape index (κ3) is 1.34. The van der Waals surface area contributed by atoms with Crippen LogP contribution in [0, 0.1) is 35.0 Å². The summed E-state index contributed by atoms with van der Waals surface area (Å²) in [5, 5.41) is 8.71. The Balaban J connectivity index is 1.46. The fraction of sp³-hybridized carbons (Fsp3) is 0.571. The minimum atomic E-state index is -0.314. The lowest BCUT2D eigenvalue weighted by Gasteiger charge is -2.21. The molecule has 0 aromatic carbocycles. The fourth-order valence-corrected chi connectivity index (χ4v) is 4.06. The van der Waals surface area contributed by atoms with E-state index in [-0.39, 0.29) is 12.1 Å². The van der Waals surface area contributed by atoms with Crippen molar-refractivity contribution in [3.05, 3.63) is 23.5 Å². The molecule has 0 aliphatic heterocycles. The highest BCUT2D eigenvalue weighted by Crippen LogP contribution is 2.66. The second-order valence-electron chi connectivity index (χ2n) is 5.80. The van der Waals surface area contributed by atoms with Gasteiger partial charge in [0.25, 0.3) is 0 Å². The molecule has 18 heavy (non-hydrogen) atoms. The summed E-state index contributed by atoms with van der Waals surface area (Å²) in [4.78, 5) is 14.7. The molecule has 0 spiro atoms. The number of aromatic nitrogens is 1. The molecule has 1 heterocycles. The largest absolute Gasteiger partial charge is 0.457 e. The Morgan fingerprint density at radius 1 is 1.28 bits per heavy atom. The van der Waals surface area contributed by atoms with Crippen molar-refractivity contribution < 1.29 is 9.53 Å². The maximum atomic E-state index is 12.0. The van der Waals surface area contributed by atoms with Crippen molar-refractivity contribution in [2.45, 2.75) is 25.4 Å². The van der Waals surface area contributed by atoms with Gasteiger partial charge in [0.1, 0.15) is 23.6 Å². The molecule has 1 N–H and O–H groups in total. The molecule has 3 fully saturated rings. The Labute approximate surface area is 105 Å². The molecule has 92 valence electrons. The number of fused-ring (bicyclic) bond motifs is 5. The van der Waals surface area contributed by atoms with Gasteiger partial charge in [-0.05, 0) is 55.1 Å². The lowest BCUT2D eigenvalue weighted by molar-refractivity contribution is 0.0134. The number of nitrogens with zero attached hydrogens (tertiary/aromatic N) is 1. The lowest BCUT2D eigenvalue weighted by atomic mass is 9.98. The van der Waals surface area contributed by atoms with Crippen LogP contribution in [0.15, 0.2) is 12.1 Å². The molecule has 4 nitrogen and oxygen atoms in total. The van der Waals surface area contributed by atoms with Gasteiger partial charge in [0.05, 0.1) is 0 Å². The number of aromatic amines is 1. The Kier molecular flexibility index (Phi) is 1.91. The second-order valence-corrected chi connectivity index (χ2v) is 5.80. The Morgan fingerprint density at radius 3 is 2.83 bits per heavy atom. The molecule has 0 saturated heterocycles. The molecule has 1 aromatic heterocycles. The van der Waals surface area contributed by atoms with Crippen LogP contribution in [0.4, 0.5) is 0 Å². The molecule has 3 saturated carbocycles. The summed E-state index contributed by atoms with van der Waals surface area (Å²) in [6, 6.07) is 5.20. The fourth-order valence-electron chi connectivity index (χ4n) is 4.06. The van der Waals surface area contributed by atoms with Crippen molar-refractivity contribution in [1.82, 2.24) is 4.98 Å². The molecule has 4 heteroatoms. The van der Waals surface area contributed by atoms with Crippen molar-refractivity contribution in [1.29, 1.82) is 5.26 Å². The third-order valence-corrected chi connectivity index (χ3v) is 4.92. The summed E-state index contributed by atoms with van der Waals surface area (Å²) in [7, 11) is 0. The SMILES string of the molecule is N#Cc1ccc(C(=O)OC2CC3CC2C2CC32)[nH]1. The summed E-state index contributed by atoms with van der Waals surface area (Å²) in [5.74, 6) is 2.87. The van der Waals surface area contributed by atoms with Gasteiger partial charge in [-0.25, -0.2) is 4.79 Å². The van der Waals surface area contributed by atoms with Gasteiger partial charge in [-0.2, -0.15) is 5.26 Å². The summed E-state index contributed by atoms with van der Waals surface area (Å²) in [5.41, 5.74) is 0.791. The predicted molar refractivity (Wildman–Crippen MR) is 62.5 cm³/mol. The van der Waals surface area contributed by atoms with Gasteiger partial charge in [-0.15, -0.1) is 0 Å². The minimum absolute atomic E-state index is 0.111. The van der Waals surface area contributed by atoms with E-state index in [0.29, 0.717) is 17.3 Å². The first kappa shape index (κ1) is 10.2. The Hall–Kier alpha value is -1.76. The van der Waals surface area contributed by atoms with Gasteiger partial charge < -0.3 is 9.72 Å². The number of rotatable bonds is 2. The van der Waals surface area contributed by atoms with Gasteiger partial charge in [0.15, 0.2) is 0 Å². The van der Waals surface area contributed by atoms with E-state index >= 15 is 0 Å². The summed E-state index contributed by atoms with van der Waals surface area (Å²) >= 11 is 0. The Morgan fingerprint density at radius 2 is 2.17 bits per heavy atom. The highest BCUT2D eigenvalue weighted by molar-refractivity contribution is 5.87. The molecule has 3 aliphatic rings. The van der Waals surface area contributed by atoms with Gasteiger partial charge in [0.2, 0.25) is 0 Å². The number of ether oxygens (including phenoxy) is 1. The van der Waals surface area contributed by atoms with E-state index in [1.165, 1.54) is 12.8 Å². The highest BCUT2D eigenvalue weighted by atomic mass is 16.5. The monoisotopic (exact) mass is 242 g/mol. The van der Waals surface area contributed by atoms with Gasteiger partial charge >= 0.3 is 5.97 Å². The average Bonchev–Trinajstić information content (AvgIpc) is 2.76. The maximum Gasteiger partial charge on any atom is 0.355 e. The zero-order valence-electron chi connectivity index (χ0n) is 9.93. The van der Waals surface area contributed by atoms with Crippen LogP contribution in [-0.2, 0) is 4.74 Å². The van der Waals surface area contributed by atoms with E-state index in [0.717, 1.165) is 24.2 Å². The standard InChI is InChI=1S/C14H14N2O2/c15-6-8-1-2-12(16-8)14(17)18-13-4-7-3-11(13)10-5-9(7)10/h1-2,7,9-11,13,16H,3-5H2.